The zero-order valence-corrected chi connectivity index (χ0v) is 14.3. The maximum atomic E-state index is 13.1. The van der Waals surface area contributed by atoms with E-state index in [1.165, 1.54) is 11.1 Å². The number of para-hydroxylation sites is 1. The quantitative estimate of drug-likeness (QED) is 0.710. The number of carbonyl (C=O) groups excluding carboxylic acids is 1. The molecule has 0 unspecified atom stereocenters. The minimum Gasteiger partial charge on any atom is -0.308 e. The van der Waals surface area contributed by atoms with Gasteiger partial charge in [-0.3, -0.25) is 9.48 Å². The van der Waals surface area contributed by atoms with Crippen molar-refractivity contribution in [2.75, 3.05) is 4.90 Å². The van der Waals surface area contributed by atoms with Gasteiger partial charge in [0.05, 0.1) is 12.7 Å². The van der Waals surface area contributed by atoms with Crippen LogP contribution in [0.4, 0.5) is 5.69 Å². The van der Waals surface area contributed by atoms with Gasteiger partial charge in [-0.2, -0.15) is 16.4 Å². The molecule has 1 aromatic carbocycles. The molecule has 2 atom stereocenters. The fourth-order valence-corrected chi connectivity index (χ4v) is 3.80. The highest BCUT2D eigenvalue weighted by Gasteiger charge is 2.46. The number of hydrogen-bond donors (Lipinski definition) is 0. The van der Waals surface area contributed by atoms with Crippen molar-refractivity contribution in [1.29, 1.82) is 0 Å². The molecule has 0 N–H and O–H groups in total. The van der Waals surface area contributed by atoms with E-state index in [2.05, 4.69) is 21.9 Å². The first kappa shape index (κ1) is 15.1. The third kappa shape index (κ3) is 2.99. The predicted octanol–water partition coefficient (Wildman–Crippen LogP) is 3.82. The topological polar surface area (TPSA) is 38.1 Å². The van der Waals surface area contributed by atoms with E-state index in [-0.39, 0.29) is 11.8 Å². The molecule has 1 aliphatic carbocycles. The van der Waals surface area contributed by atoms with Gasteiger partial charge in [0, 0.05) is 24.8 Å². The van der Waals surface area contributed by atoms with Crippen LogP contribution >= 0.6 is 11.3 Å². The van der Waals surface area contributed by atoms with E-state index in [1.54, 1.807) is 16.0 Å². The molecule has 5 heteroatoms. The van der Waals surface area contributed by atoms with Crippen LogP contribution in [0.1, 0.15) is 23.5 Å². The average molecular weight is 337 g/mol. The molecule has 1 aliphatic rings. The second-order valence-corrected chi connectivity index (χ2v) is 7.07. The molecule has 0 radical (unpaired) electrons. The summed E-state index contributed by atoms with van der Waals surface area (Å²) in [5, 5.41) is 8.39. The molecule has 24 heavy (non-hydrogen) atoms. The maximum absolute atomic E-state index is 13.1. The number of anilines is 1. The molecule has 0 saturated heterocycles. The molecule has 1 saturated carbocycles. The highest BCUT2D eigenvalue weighted by Crippen LogP contribution is 2.48. The fourth-order valence-electron chi connectivity index (χ4n) is 3.14. The second kappa shape index (κ2) is 6.24. The number of amides is 1. The van der Waals surface area contributed by atoms with Crippen LogP contribution in [-0.2, 0) is 18.4 Å². The molecule has 2 heterocycles. The summed E-state index contributed by atoms with van der Waals surface area (Å²) in [4.78, 5) is 15.0. The first-order valence-corrected chi connectivity index (χ1v) is 9.02. The third-order valence-electron chi connectivity index (χ3n) is 4.52. The number of thiophene rings is 1. The summed E-state index contributed by atoms with van der Waals surface area (Å²) in [6.45, 7) is 0.628. The van der Waals surface area contributed by atoms with Crippen LogP contribution in [-0.4, -0.2) is 15.7 Å². The number of hydrogen-bond acceptors (Lipinski definition) is 3. The molecule has 2 aromatic heterocycles. The number of aryl methyl sites for hydroxylation is 1. The van der Waals surface area contributed by atoms with E-state index in [0.29, 0.717) is 12.5 Å². The van der Waals surface area contributed by atoms with Gasteiger partial charge in [0.1, 0.15) is 0 Å². The first-order valence-electron chi connectivity index (χ1n) is 8.08. The summed E-state index contributed by atoms with van der Waals surface area (Å²) in [5.41, 5.74) is 3.31. The van der Waals surface area contributed by atoms with Crippen LogP contribution in [0.2, 0.25) is 0 Å². The molecular formula is C19H19N3OS. The minimum atomic E-state index is 0.0630. The summed E-state index contributed by atoms with van der Waals surface area (Å²) in [7, 11) is 1.91. The summed E-state index contributed by atoms with van der Waals surface area (Å²) in [6.07, 6.45) is 4.81. The van der Waals surface area contributed by atoms with Crippen molar-refractivity contribution in [2.45, 2.75) is 18.9 Å². The Labute approximate surface area is 145 Å². The van der Waals surface area contributed by atoms with Gasteiger partial charge >= 0.3 is 0 Å². The molecule has 0 spiro atoms. The van der Waals surface area contributed by atoms with Crippen molar-refractivity contribution < 1.29 is 4.79 Å². The summed E-state index contributed by atoms with van der Waals surface area (Å²) >= 11 is 1.66. The smallest absolute Gasteiger partial charge is 0.231 e. The van der Waals surface area contributed by atoms with E-state index < -0.39 is 0 Å². The lowest BCUT2D eigenvalue weighted by molar-refractivity contribution is -0.120. The molecule has 0 aliphatic heterocycles. The van der Waals surface area contributed by atoms with Crippen LogP contribution in [0.15, 0.2) is 59.6 Å². The zero-order valence-electron chi connectivity index (χ0n) is 13.5. The number of rotatable bonds is 5. The molecule has 0 bridgehead atoms. The average Bonchev–Trinajstić information content (AvgIpc) is 3.00. The van der Waals surface area contributed by atoms with Crippen LogP contribution in [0.3, 0.4) is 0 Å². The Bertz CT molecular complexity index is 825. The Morgan fingerprint density at radius 2 is 2.17 bits per heavy atom. The standard InChI is InChI=1S/C19H19N3OS/c1-21-12-15(10-20-21)17-9-18(17)19(23)22(11-14-7-8-24-13-14)16-5-3-2-4-6-16/h2-8,10,12-13,17-18H,9,11H2,1H3/t17-,18-/m1/s1. The van der Waals surface area contributed by atoms with Gasteiger partial charge in [0.15, 0.2) is 0 Å². The van der Waals surface area contributed by atoms with Crippen molar-refractivity contribution in [3.05, 3.63) is 70.7 Å². The number of nitrogens with zero attached hydrogens (tertiary/aromatic N) is 3. The molecule has 1 amide bonds. The predicted molar refractivity (Wildman–Crippen MR) is 96.0 cm³/mol. The Kier molecular flexibility index (Phi) is 3.94. The lowest BCUT2D eigenvalue weighted by Crippen LogP contribution is -2.31. The van der Waals surface area contributed by atoms with E-state index >= 15 is 0 Å². The number of carbonyl (C=O) groups is 1. The Morgan fingerprint density at radius 3 is 2.83 bits per heavy atom. The van der Waals surface area contributed by atoms with Gasteiger partial charge in [-0.05, 0) is 52.4 Å². The molecule has 122 valence electrons. The lowest BCUT2D eigenvalue weighted by Gasteiger charge is -2.23. The van der Waals surface area contributed by atoms with E-state index in [0.717, 1.165) is 12.1 Å². The molecular weight excluding hydrogens is 318 g/mol. The van der Waals surface area contributed by atoms with E-state index in [4.69, 9.17) is 0 Å². The summed E-state index contributed by atoms with van der Waals surface area (Å²) in [6, 6.07) is 12.0. The Balaban J connectivity index is 1.56. The number of aromatic nitrogens is 2. The SMILES string of the molecule is Cn1cc([C@H]2C[C@H]2C(=O)N(Cc2ccsc2)c2ccccc2)cn1. The van der Waals surface area contributed by atoms with Crippen LogP contribution in [0, 0.1) is 5.92 Å². The zero-order chi connectivity index (χ0) is 16.5. The lowest BCUT2D eigenvalue weighted by atomic mass is 10.1. The molecule has 4 nitrogen and oxygen atoms in total. The highest BCUT2D eigenvalue weighted by molar-refractivity contribution is 7.07. The fraction of sp³-hybridized carbons (Fsp3) is 0.263. The van der Waals surface area contributed by atoms with Crippen LogP contribution < -0.4 is 4.90 Å². The van der Waals surface area contributed by atoms with Crippen molar-refractivity contribution in [3.8, 4) is 0 Å². The second-order valence-electron chi connectivity index (χ2n) is 6.29. The van der Waals surface area contributed by atoms with Crippen molar-refractivity contribution in [1.82, 2.24) is 9.78 Å². The van der Waals surface area contributed by atoms with Crippen molar-refractivity contribution in [3.63, 3.8) is 0 Å². The molecule has 4 rings (SSSR count). The molecule has 3 aromatic rings. The van der Waals surface area contributed by atoms with Crippen molar-refractivity contribution >= 4 is 22.9 Å². The van der Waals surface area contributed by atoms with Gasteiger partial charge < -0.3 is 4.90 Å². The maximum Gasteiger partial charge on any atom is 0.231 e. The summed E-state index contributed by atoms with van der Waals surface area (Å²) in [5.74, 6) is 0.578. The van der Waals surface area contributed by atoms with Gasteiger partial charge in [-0.15, -0.1) is 0 Å². The monoisotopic (exact) mass is 337 g/mol. The van der Waals surface area contributed by atoms with Gasteiger partial charge in [0.2, 0.25) is 5.91 Å². The largest absolute Gasteiger partial charge is 0.308 e. The Hall–Kier alpha value is -2.40. The van der Waals surface area contributed by atoms with E-state index in [9.17, 15) is 4.79 Å². The first-order chi connectivity index (χ1) is 11.7. The van der Waals surface area contributed by atoms with Crippen molar-refractivity contribution in [2.24, 2.45) is 13.0 Å². The molecule has 1 fully saturated rings. The van der Waals surface area contributed by atoms with Gasteiger partial charge in [0.25, 0.3) is 0 Å². The van der Waals surface area contributed by atoms with Gasteiger partial charge in [-0.1, -0.05) is 18.2 Å². The minimum absolute atomic E-state index is 0.0630. The highest BCUT2D eigenvalue weighted by atomic mass is 32.1. The van der Waals surface area contributed by atoms with Crippen LogP contribution in [0.25, 0.3) is 0 Å². The third-order valence-corrected chi connectivity index (χ3v) is 5.25. The van der Waals surface area contributed by atoms with Crippen LogP contribution in [0.5, 0.6) is 0 Å². The van der Waals surface area contributed by atoms with Gasteiger partial charge in [-0.25, -0.2) is 0 Å². The van der Waals surface area contributed by atoms with E-state index in [1.807, 2.05) is 54.7 Å². The summed E-state index contributed by atoms with van der Waals surface area (Å²) < 4.78 is 1.80. The Morgan fingerprint density at radius 1 is 1.33 bits per heavy atom. The number of benzene rings is 1. The normalized spacial score (nSPS) is 19.2.